The minimum atomic E-state index is -4.89. The number of rotatable bonds is 4. The highest BCUT2D eigenvalue weighted by molar-refractivity contribution is 7.17. The van der Waals surface area contributed by atoms with E-state index in [2.05, 4.69) is 10.3 Å². The molecule has 152 valence electrons. The number of carbonyl (C=O) groups excluding carboxylic acids is 1. The van der Waals surface area contributed by atoms with Crippen LogP contribution in [0.5, 0.6) is 10.8 Å². The van der Waals surface area contributed by atoms with Crippen LogP contribution in [0.25, 0.3) is 0 Å². The third kappa shape index (κ3) is 4.99. The zero-order valence-electron chi connectivity index (χ0n) is 14.6. The van der Waals surface area contributed by atoms with Gasteiger partial charge < -0.3 is 4.74 Å². The second-order valence-corrected chi connectivity index (χ2v) is 6.69. The van der Waals surface area contributed by atoms with Gasteiger partial charge in [-0.05, 0) is 30.3 Å². The number of urea groups is 1. The van der Waals surface area contributed by atoms with E-state index in [9.17, 15) is 26.7 Å². The van der Waals surface area contributed by atoms with Gasteiger partial charge in [0.25, 0.3) is 0 Å². The number of carbonyl (C=O) groups is 1. The summed E-state index contributed by atoms with van der Waals surface area (Å²) in [5.74, 6) is -1.69. The van der Waals surface area contributed by atoms with Crippen LogP contribution in [0.2, 0.25) is 0 Å². The molecule has 0 aliphatic heterocycles. The highest BCUT2D eigenvalue weighted by Gasteiger charge is 2.34. The fourth-order valence-corrected chi connectivity index (χ4v) is 2.92. The summed E-state index contributed by atoms with van der Waals surface area (Å²) >= 11 is 0.930. The molecule has 1 aromatic heterocycles. The van der Waals surface area contributed by atoms with Crippen molar-refractivity contribution in [3.8, 4) is 10.8 Å². The molecule has 3 aromatic rings. The quantitative estimate of drug-likeness (QED) is 0.526. The van der Waals surface area contributed by atoms with Crippen LogP contribution in [0.15, 0.2) is 48.7 Å². The summed E-state index contributed by atoms with van der Waals surface area (Å²) in [6.45, 7) is 0. The van der Waals surface area contributed by atoms with Gasteiger partial charge in [0.05, 0.1) is 11.8 Å². The molecule has 3 rings (SSSR count). The first kappa shape index (κ1) is 20.5. The molecule has 0 radical (unpaired) electrons. The summed E-state index contributed by atoms with van der Waals surface area (Å²) in [6.07, 6.45) is -3.60. The zero-order chi connectivity index (χ0) is 21.2. The molecule has 0 spiro atoms. The Labute approximate surface area is 165 Å². The highest BCUT2D eigenvalue weighted by atomic mass is 32.1. The van der Waals surface area contributed by atoms with Crippen molar-refractivity contribution in [3.05, 3.63) is 65.9 Å². The van der Waals surface area contributed by atoms with Gasteiger partial charge in [-0.2, -0.15) is 13.2 Å². The Balaban J connectivity index is 1.70. The molecule has 5 nitrogen and oxygen atoms in total. The minimum Gasteiger partial charge on any atom is -0.445 e. The summed E-state index contributed by atoms with van der Waals surface area (Å²) in [5, 5.41) is 2.76. The lowest BCUT2D eigenvalue weighted by Crippen LogP contribution is -2.31. The van der Waals surface area contributed by atoms with E-state index in [0.29, 0.717) is 12.1 Å². The number of thiazole rings is 1. The van der Waals surface area contributed by atoms with Gasteiger partial charge in [0.1, 0.15) is 17.4 Å². The molecule has 1 N–H and O–H groups in total. The molecule has 0 unspecified atom stereocenters. The molecule has 11 heteroatoms. The maximum absolute atomic E-state index is 13.4. The number of anilines is 2. The molecule has 1 heterocycles. The van der Waals surface area contributed by atoms with E-state index < -0.39 is 29.4 Å². The van der Waals surface area contributed by atoms with Crippen LogP contribution in [-0.4, -0.2) is 18.1 Å². The summed E-state index contributed by atoms with van der Waals surface area (Å²) in [6, 6.07) is 6.83. The molecule has 2 amide bonds. The van der Waals surface area contributed by atoms with Crippen LogP contribution in [0, 0.1) is 11.6 Å². The van der Waals surface area contributed by atoms with Crippen molar-refractivity contribution >= 4 is 28.2 Å². The van der Waals surface area contributed by atoms with Gasteiger partial charge in [0, 0.05) is 18.8 Å². The number of ether oxygens (including phenoxy) is 1. The molecular formula is C18H12F5N3O2S. The van der Waals surface area contributed by atoms with Crippen LogP contribution in [-0.2, 0) is 6.18 Å². The Morgan fingerprint density at radius 3 is 2.62 bits per heavy atom. The number of benzene rings is 2. The third-order valence-electron chi connectivity index (χ3n) is 3.66. The van der Waals surface area contributed by atoms with Crippen molar-refractivity contribution in [1.29, 1.82) is 0 Å². The van der Waals surface area contributed by atoms with E-state index in [-0.39, 0.29) is 21.6 Å². The summed E-state index contributed by atoms with van der Waals surface area (Å²) in [7, 11) is 1.22. The normalized spacial score (nSPS) is 11.2. The molecule has 0 saturated carbocycles. The number of halogens is 5. The van der Waals surface area contributed by atoms with E-state index in [0.717, 1.165) is 22.3 Å². The smallest absolute Gasteiger partial charge is 0.419 e. The molecule has 29 heavy (non-hydrogen) atoms. The number of hydrogen-bond acceptors (Lipinski definition) is 4. The first-order chi connectivity index (χ1) is 13.6. The zero-order valence-corrected chi connectivity index (χ0v) is 15.4. The van der Waals surface area contributed by atoms with Crippen LogP contribution in [0.4, 0.5) is 37.6 Å². The van der Waals surface area contributed by atoms with E-state index >= 15 is 0 Å². The third-order valence-corrected chi connectivity index (χ3v) is 4.45. The Kier molecular flexibility index (Phi) is 5.69. The van der Waals surface area contributed by atoms with Crippen LogP contribution < -0.4 is 15.0 Å². The van der Waals surface area contributed by atoms with Gasteiger partial charge in [-0.1, -0.05) is 17.4 Å². The highest BCUT2D eigenvalue weighted by Crippen LogP contribution is 2.34. The molecular weight excluding hydrogens is 417 g/mol. The molecule has 0 saturated heterocycles. The predicted molar refractivity (Wildman–Crippen MR) is 97.4 cm³/mol. The van der Waals surface area contributed by atoms with Gasteiger partial charge in [-0.3, -0.25) is 10.2 Å². The van der Waals surface area contributed by atoms with Crippen molar-refractivity contribution in [2.24, 2.45) is 0 Å². The molecule has 2 aromatic carbocycles. The molecule has 0 bridgehead atoms. The number of nitrogens with zero attached hydrogens (tertiary/aromatic N) is 2. The second kappa shape index (κ2) is 8.03. The lowest BCUT2D eigenvalue weighted by molar-refractivity contribution is -0.139. The monoisotopic (exact) mass is 429 g/mol. The van der Waals surface area contributed by atoms with Gasteiger partial charge in [-0.25, -0.2) is 18.6 Å². The molecule has 0 atom stereocenters. The fourth-order valence-electron chi connectivity index (χ4n) is 2.24. The van der Waals surface area contributed by atoms with Crippen LogP contribution in [0.1, 0.15) is 5.56 Å². The van der Waals surface area contributed by atoms with Crippen molar-refractivity contribution in [1.82, 2.24) is 4.98 Å². The lowest BCUT2D eigenvalue weighted by Gasteiger charge is -2.19. The lowest BCUT2D eigenvalue weighted by atomic mass is 10.1. The SMILES string of the molecule is CN(C(=O)Nc1ncc(Oc2cccc(F)c2)s1)c1ccc(F)c(C(F)(F)F)c1. The van der Waals surface area contributed by atoms with E-state index in [1.165, 1.54) is 37.5 Å². The number of alkyl halides is 3. The average molecular weight is 429 g/mol. The Bertz CT molecular complexity index is 1040. The number of hydrogen-bond donors (Lipinski definition) is 1. The predicted octanol–water partition coefficient (Wildman–Crippen LogP) is 5.90. The van der Waals surface area contributed by atoms with Gasteiger partial charge in [0.15, 0.2) is 5.13 Å². The Morgan fingerprint density at radius 1 is 1.17 bits per heavy atom. The molecule has 0 aliphatic carbocycles. The van der Waals surface area contributed by atoms with E-state index in [1.807, 2.05) is 0 Å². The largest absolute Gasteiger partial charge is 0.445 e. The number of nitrogens with one attached hydrogen (secondary N) is 1. The van der Waals surface area contributed by atoms with Crippen molar-refractivity contribution in [2.45, 2.75) is 6.18 Å². The standard InChI is InChI=1S/C18H12F5N3O2S/c1-26(11-5-6-14(20)13(8-11)18(21,22)23)17(27)25-16-24-9-15(29-16)28-12-4-2-3-10(19)7-12/h2-9H,1H3,(H,24,25,27). The van der Waals surface area contributed by atoms with Crippen LogP contribution in [0.3, 0.4) is 0 Å². The van der Waals surface area contributed by atoms with Gasteiger partial charge >= 0.3 is 12.2 Å². The molecule has 0 fully saturated rings. The Hall–Kier alpha value is -3.21. The summed E-state index contributed by atoms with van der Waals surface area (Å²) in [5.41, 5.74) is -1.64. The average Bonchev–Trinajstić information content (AvgIpc) is 3.07. The van der Waals surface area contributed by atoms with E-state index in [1.54, 1.807) is 0 Å². The maximum Gasteiger partial charge on any atom is 0.419 e. The minimum absolute atomic E-state index is 0.103. The fraction of sp³-hybridized carbons (Fsp3) is 0.111. The number of amides is 2. The van der Waals surface area contributed by atoms with Crippen LogP contribution >= 0.6 is 11.3 Å². The summed E-state index contributed by atoms with van der Waals surface area (Å²) < 4.78 is 70.5. The Morgan fingerprint density at radius 2 is 1.93 bits per heavy atom. The first-order valence-corrected chi connectivity index (χ1v) is 8.76. The first-order valence-electron chi connectivity index (χ1n) is 7.94. The topological polar surface area (TPSA) is 54.5 Å². The number of aromatic nitrogens is 1. The van der Waals surface area contributed by atoms with Crippen molar-refractivity contribution < 1.29 is 31.5 Å². The van der Waals surface area contributed by atoms with Crippen molar-refractivity contribution in [2.75, 3.05) is 17.3 Å². The van der Waals surface area contributed by atoms with Gasteiger partial charge in [-0.15, -0.1) is 0 Å². The van der Waals surface area contributed by atoms with Crippen molar-refractivity contribution in [3.63, 3.8) is 0 Å². The molecule has 0 aliphatic rings. The second-order valence-electron chi connectivity index (χ2n) is 5.69. The van der Waals surface area contributed by atoms with E-state index in [4.69, 9.17) is 4.74 Å². The van der Waals surface area contributed by atoms with Gasteiger partial charge in [0.2, 0.25) is 5.06 Å². The maximum atomic E-state index is 13.4. The summed E-state index contributed by atoms with van der Waals surface area (Å²) in [4.78, 5) is 17.1.